The molecule has 8 heteroatoms. The fourth-order valence-electron chi connectivity index (χ4n) is 2.63. The number of hydrogen-bond acceptors (Lipinski definition) is 7. The number of anilines is 1. The number of amides is 1. The van der Waals surface area contributed by atoms with E-state index in [-0.39, 0.29) is 24.2 Å². The Balaban J connectivity index is 1.65. The molecule has 0 aliphatic carbocycles. The van der Waals surface area contributed by atoms with E-state index in [9.17, 15) is 4.79 Å². The van der Waals surface area contributed by atoms with Crippen LogP contribution < -0.4 is 14.8 Å². The van der Waals surface area contributed by atoms with Crippen molar-refractivity contribution in [3.05, 3.63) is 48.0 Å². The van der Waals surface area contributed by atoms with Gasteiger partial charge in [-0.1, -0.05) is 31.1 Å². The molecule has 29 heavy (non-hydrogen) atoms. The van der Waals surface area contributed by atoms with Gasteiger partial charge < -0.3 is 13.9 Å². The highest BCUT2D eigenvalue weighted by Gasteiger charge is 2.14. The Bertz CT molecular complexity index is 948. The molecule has 7 nitrogen and oxygen atoms in total. The van der Waals surface area contributed by atoms with Crippen LogP contribution in [0.2, 0.25) is 0 Å². The lowest BCUT2D eigenvalue weighted by Crippen LogP contribution is -2.14. The Morgan fingerprint density at radius 1 is 1.07 bits per heavy atom. The zero-order valence-corrected chi connectivity index (χ0v) is 17.6. The van der Waals surface area contributed by atoms with Gasteiger partial charge in [-0.25, -0.2) is 0 Å². The number of methoxy groups -OCH3 is 2. The van der Waals surface area contributed by atoms with E-state index in [2.05, 4.69) is 29.4 Å². The number of ether oxygens (including phenoxy) is 2. The van der Waals surface area contributed by atoms with E-state index >= 15 is 0 Å². The molecule has 0 radical (unpaired) electrons. The van der Waals surface area contributed by atoms with Gasteiger partial charge in [0, 0.05) is 21.8 Å². The summed E-state index contributed by atoms with van der Waals surface area (Å²) >= 11 is 1.78. The van der Waals surface area contributed by atoms with Crippen molar-refractivity contribution < 1.29 is 18.7 Å². The van der Waals surface area contributed by atoms with Crippen LogP contribution in [0.1, 0.15) is 19.4 Å². The van der Waals surface area contributed by atoms with Gasteiger partial charge >= 0.3 is 6.01 Å². The molecule has 0 saturated heterocycles. The first kappa shape index (κ1) is 20.7. The molecule has 2 aromatic carbocycles. The third kappa shape index (κ3) is 5.74. The summed E-state index contributed by atoms with van der Waals surface area (Å²) in [5.41, 5.74) is 1.54. The van der Waals surface area contributed by atoms with Crippen molar-refractivity contribution in [1.82, 2.24) is 10.2 Å². The zero-order chi connectivity index (χ0) is 20.8. The summed E-state index contributed by atoms with van der Waals surface area (Å²) in [6, 6.07) is 13.2. The third-order valence-electron chi connectivity index (χ3n) is 3.93. The SMILES string of the molecule is COc1cc(OC)cc(-c2nnc(NC(=O)Cc3ccc(SC(C)C)cc3)o2)c1. The number of aromatic nitrogens is 2. The first-order valence-electron chi connectivity index (χ1n) is 9.09. The van der Waals surface area contributed by atoms with Crippen molar-refractivity contribution in [2.24, 2.45) is 0 Å². The van der Waals surface area contributed by atoms with Crippen LogP contribution in [0.5, 0.6) is 11.5 Å². The number of carbonyl (C=O) groups excluding carboxylic acids is 1. The minimum atomic E-state index is -0.229. The van der Waals surface area contributed by atoms with E-state index in [0.29, 0.717) is 22.3 Å². The fraction of sp³-hybridized carbons (Fsp3) is 0.286. The van der Waals surface area contributed by atoms with Crippen LogP contribution >= 0.6 is 11.8 Å². The maximum absolute atomic E-state index is 12.3. The van der Waals surface area contributed by atoms with Crippen LogP contribution in [0, 0.1) is 0 Å². The Kier molecular flexibility index (Phi) is 6.77. The highest BCUT2D eigenvalue weighted by Crippen LogP contribution is 2.29. The predicted molar refractivity (Wildman–Crippen MR) is 113 cm³/mol. The first-order chi connectivity index (χ1) is 14.0. The maximum atomic E-state index is 12.3. The molecule has 1 aromatic heterocycles. The van der Waals surface area contributed by atoms with Crippen LogP contribution in [-0.4, -0.2) is 35.6 Å². The van der Waals surface area contributed by atoms with Crippen LogP contribution in [0.15, 0.2) is 51.8 Å². The Morgan fingerprint density at radius 3 is 2.31 bits per heavy atom. The van der Waals surface area contributed by atoms with Gasteiger partial charge in [-0.15, -0.1) is 16.9 Å². The highest BCUT2D eigenvalue weighted by atomic mass is 32.2. The second-order valence-electron chi connectivity index (χ2n) is 6.55. The number of rotatable bonds is 8. The molecule has 0 saturated carbocycles. The van der Waals surface area contributed by atoms with E-state index < -0.39 is 0 Å². The smallest absolute Gasteiger partial charge is 0.322 e. The quantitative estimate of drug-likeness (QED) is 0.547. The van der Waals surface area contributed by atoms with Gasteiger partial charge in [0.1, 0.15) is 11.5 Å². The minimum absolute atomic E-state index is 0.0405. The largest absolute Gasteiger partial charge is 0.497 e. The summed E-state index contributed by atoms with van der Waals surface area (Å²) in [7, 11) is 3.12. The summed E-state index contributed by atoms with van der Waals surface area (Å²) < 4.78 is 16.1. The predicted octanol–water partition coefficient (Wildman–Crippen LogP) is 4.44. The van der Waals surface area contributed by atoms with Crippen molar-refractivity contribution in [2.45, 2.75) is 30.4 Å². The van der Waals surface area contributed by atoms with Crippen molar-refractivity contribution in [1.29, 1.82) is 0 Å². The Morgan fingerprint density at radius 2 is 1.72 bits per heavy atom. The van der Waals surface area contributed by atoms with Crippen molar-refractivity contribution in [2.75, 3.05) is 19.5 Å². The summed E-state index contributed by atoms with van der Waals surface area (Å²) in [5.74, 6) is 1.23. The first-order valence-corrected chi connectivity index (χ1v) is 9.97. The summed E-state index contributed by atoms with van der Waals surface area (Å²) in [5, 5.41) is 11.0. The second-order valence-corrected chi connectivity index (χ2v) is 8.20. The summed E-state index contributed by atoms with van der Waals surface area (Å²) in [6.07, 6.45) is 0.220. The minimum Gasteiger partial charge on any atom is -0.497 e. The molecule has 0 unspecified atom stereocenters. The van der Waals surface area contributed by atoms with E-state index in [1.54, 1.807) is 44.2 Å². The molecule has 3 aromatic rings. The van der Waals surface area contributed by atoms with E-state index in [1.807, 2.05) is 24.3 Å². The molecular weight excluding hydrogens is 390 g/mol. The lowest BCUT2D eigenvalue weighted by atomic mass is 10.1. The molecule has 0 atom stereocenters. The molecule has 1 heterocycles. The maximum Gasteiger partial charge on any atom is 0.322 e. The number of nitrogens with zero attached hydrogens (tertiary/aromatic N) is 2. The normalized spacial score (nSPS) is 10.8. The molecule has 0 aliphatic heterocycles. The molecule has 0 spiro atoms. The standard InChI is InChI=1S/C21H23N3O4S/c1-13(2)29-18-7-5-14(6-8-18)9-19(25)22-21-24-23-20(28-21)15-10-16(26-3)12-17(11-15)27-4/h5-8,10-13H,9H2,1-4H3,(H,22,24,25). The summed E-state index contributed by atoms with van der Waals surface area (Å²) in [4.78, 5) is 13.5. The van der Waals surface area contributed by atoms with Crippen molar-refractivity contribution >= 4 is 23.7 Å². The van der Waals surface area contributed by atoms with Crippen molar-refractivity contribution in [3.8, 4) is 23.0 Å². The van der Waals surface area contributed by atoms with Gasteiger partial charge in [-0.3, -0.25) is 10.1 Å². The van der Waals surface area contributed by atoms with Crippen LogP contribution in [-0.2, 0) is 11.2 Å². The van der Waals surface area contributed by atoms with Crippen LogP contribution in [0.3, 0.4) is 0 Å². The topological polar surface area (TPSA) is 86.5 Å². The third-order valence-corrected chi connectivity index (χ3v) is 4.95. The average molecular weight is 413 g/mol. The number of carbonyl (C=O) groups is 1. The molecule has 0 bridgehead atoms. The second kappa shape index (κ2) is 9.47. The lowest BCUT2D eigenvalue weighted by molar-refractivity contribution is -0.115. The molecule has 3 rings (SSSR count). The van der Waals surface area contributed by atoms with Gasteiger partial charge in [-0.05, 0) is 29.8 Å². The van der Waals surface area contributed by atoms with Crippen molar-refractivity contribution in [3.63, 3.8) is 0 Å². The number of hydrogen-bond donors (Lipinski definition) is 1. The Labute approximate surface area is 173 Å². The van der Waals surface area contributed by atoms with Gasteiger partial charge in [0.25, 0.3) is 0 Å². The molecule has 152 valence electrons. The molecular formula is C21H23N3O4S. The number of nitrogens with one attached hydrogen (secondary N) is 1. The monoisotopic (exact) mass is 413 g/mol. The Hall–Kier alpha value is -3.00. The van der Waals surface area contributed by atoms with Crippen LogP contribution in [0.25, 0.3) is 11.5 Å². The number of benzene rings is 2. The molecule has 1 amide bonds. The van der Waals surface area contributed by atoms with Gasteiger partial charge in [-0.2, -0.15) is 0 Å². The fourth-order valence-corrected chi connectivity index (χ4v) is 3.47. The van der Waals surface area contributed by atoms with Gasteiger partial charge in [0.15, 0.2) is 0 Å². The van der Waals surface area contributed by atoms with E-state index in [0.717, 1.165) is 5.56 Å². The highest BCUT2D eigenvalue weighted by molar-refractivity contribution is 7.99. The van der Waals surface area contributed by atoms with E-state index in [4.69, 9.17) is 13.9 Å². The van der Waals surface area contributed by atoms with E-state index in [1.165, 1.54) is 4.90 Å². The van der Waals surface area contributed by atoms with Gasteiger partial charge in [0.05, 0.1) is 20.6 Å². The molecule has 0 aliphatic rings. The molecule has 1 N–H and O–H groups in total. The zero-order valence-electron chi connectivity index (χ0n) is 16.8. The van der Waals surface area contributed by atoms with Gasteiger partial charge in [0.2, 0.25) is 11.8 Å². The molecule has 0 fully saturated rings. The number of thioether (sulfide) groups is 1. The average Bonchev–Trinajstić information content (AvgIpc) is 3.17. The lowest BCUT2D eigenvalue weighted by Gasteiger charge is -2.06. The van der Waals surface area contributed by atoms with Crippen LogP contribution in [0.4, 0.5) is 6.01 Å². The summed E-state index contributed by atoms with van der Waals surface area (Å²) in [6.45, 7) is 4.29.